The second-order valence-corrected chi connectivity index (χ2v) is 8.14. The van der Waals surface area contributed by atoms with Gasteiger partial charge in [-0.1, -0.05) is 0 Å². The lowest BCUT2D eigenvalue weighted by atomic mass is 10.3. The van der Waals surface area contributed by atoms with Gasteiger partial charge in [0.2, 0.25) is 10.0 Å². The lowest BCUT2D eigenvalue weighted by molar-refractivity contribution is 0.339. The summed E-state index contributed by atoms with van der Waals surface area (Å²) in [6, 6.07) is 17.2. The molecule has 0 fully saturated rings. The molecule has 2 aromatic carbocycles. The number of nitrogens with zero attached hydrogens (tertiary/aromatic N) is 2. The van der Waals surface area contributed by atoms with E-state index in [0.717, 1.165) is 11.3 Å². The van der Waals surface area contributed by atoms with Crippen molar-refractivity contribution in [3.05, 3.63) is 78.6 Å². The van der Waals surface area contributed by atoms with Crippen LogP contribution in [0, 0.1) is 0 Å². The van der Waals surface area contributed by atoms with Gasteiger partial charge in [0.1, 0.15) is 17.2 Å². The van der Waals surface area contributed by atoms with E-state index in [1.54, 1.807) is 68.0 Å². The number of hydrogen-bond acceptors (Lipinski definition) is 5. The van der Waals surface area contributed by atoms with Crippen LogP contribution in [0.25, 0.3) is 0 Å². The number of sulfonamides is 1. The van der Waals surface area contributed by atoms with E-state index in [9.17, 15) is 8.42 Å². The normalized spacial score (nSPS) is 11.4. The third-order valence-corrected chi connectivity index (χ3v) is 5.87. The van der Waals surface area contributed by atoms with E-state index in [4.69, 9.17) is 9.47 Å². The zero-order valence-corrected chi connectivity index (χ0v) is 16.6. The molecule has 28 heavy (non-hydrogen) atoms. The van der Waals surface area contributed by atoms with Crippen LogP contribution < -0.4 is 9.47 Å². The smallest absolute Gasteiger partial charge is 0.243 e. The van der Waals surface area contributed by atoms with Crippen LogP contribution in [-0.2, 0) is 16.6 Å². The van der Waals surface area contributed by atoms with Gasteiger partial charge in [-0.25, -0.2) is 8.42 Å². The summed E-state index contributed by atoms with van der Waals surface area (Å²) in [5.41, 5.74) is 0.872. The van der Waals surface area contributed by atoms with Gasteiger partial charge in [0, 0.05) is 26.0 Å². The SMILES string of the molecule is CCOc1ccc(Oc2ccc(S(=O)(=O)N(C)Cc3ccncc3)cc2)cc1. The first-order chi connectivity index (χ1) is 13.5. The lowest BCUT2D eigenvalue weighted by Crippen LogP contribution is -2.26. The summed E-state index contributed by atoms with van der Waals surface area (Å²) in [4.78, 5) is 4.15. The molecule has 3 aromatic rings. The lowest BCUT2D eigenvalue weighted by Gasteiger charge is -2.17. The molecule has 0 bridgehead atoms. The minimum absolute atomic E-state index is 0.211. The van der Waals surface area contributed by atoms with Gasteiger partial charge < -0.3 is 9.47 Å². The molecule has 0 unspecified atom stereocenters. The first kappa shape index (κ1) is 19.9. The average Bonchev–Trinajstić information content (AvgIpc) is 2.71. The largest absolute Gasteiger partial charge is 0.494 e. The third kappa shape index (κ3) is 4.88. The fourth-order valence-corrected chi connectivity index (χ4v) is 3.76. The van der Waals surface area contributed by atoms with Crippen LogP contribution in [0.2, 0.25) is 0 Å². The van der Waals surface area contributed by atoms with Crippen molar-refractivity contribution in [1.82, 2.24) is 9.29 Å². The van der Waals surface area contributed by atoms with Gasteiger partial charge in [-0.15, -0.1) is 0 Å². The maximum Gasteiger partial charge on any atom is 0.243 e. The molecule has 6 nitrogen and oxygen atoms in total. The molecule has 0 aliphatic heterocycles. The summed E-state index contributed by atoms with van der Waals surface area (Å²) in [5.74, 6) is 1.97. The molecule has 3 rings (SSSR count). The van der Waals surface area contributed by atoms with Gasteiger partial charge in [-0.2, -0.15) is 4.31 Å². The zero-order chi connectivity index (χ0) is 20.0. The van der Waals surface area contributed by atoms with Crippen molar-refractivity contribution in [2.24, 2.45) is 0 Å². The molecule has 0 N–H and O–H groups in total. The summed E-state index contributed by atoms with van der Waals surface area (Å²) >= 11 is 0. The van der Waals surface area contributed by atoms with Crippen molar-refractivity contribution in [3.63, 3.8) is 0 Å². The van der Waals surface area contributed by atoms with Crippen LogP contribution in [0.5, 0.6) is 17.2 Å². The average molecular weight is 398 g/mol. The quantitative estimate of drug-likeness (QED) is 0.572. The number of ether oxygens (including phenoxy) is 2. The minimum Gasteiger partial charge on any atom is -0.494 e. The summed E-state index contributed by atoms with van der Waals surface area (Å²) in [6.45, 7) is 2.80. The number of aromatic nitrogens is 1. The third-order valence-electron chi connectivity index (χ3n) is 4.06. The predicted molar refractivity (Wildman–Crippen MR) is 107 cm³/mol. The van der Waals surface area contributed by atoms with Gasteiger partial charge in [0.05, 0.1) is 11.5 Å². The Balaban J connectivity index is 1.68. The monoisotopic (exact) mass is 398 g/mol. The number of pyridine rings is 1. The van der Waals surface area contributed by atoms with Gasteiger partial charge in [0.15, 0.2) is 0 Å². The Bertz CT molecular complexity index is 989. The van der Waals surface area contributed by atoms with Crippen LogP contribution in [0.4, 0.5) is 0 Å². The van der Waals surface area contributed by atoms with E-state index < -0.39 is 10.0 Å². The first-order valence-corrected chi connectivity index (χ1v) is 10.3. The maximum absolute atomic E-state index is 12.8. The molecule has 0 radical (unpaired) electrons. The molecular formula is C21H22N2O4S. The predicted octanol–water partition coefficient (Wildman–Crippen LogP) is 4.09. The summed E-state index contributed by atoms with van der Waals surface area (Å²) < 4.78 is 38.0. The number of hydrogen-bond donors (Lipinski definition) is 0. The molecule has 0 aliphatic rings. The molecule has 0 spiro atoms. The minimum atomic E-state index is -3.60. The first-order valence-electron chi connectivity index (χ1n) is 8.85. The molecule has 0 aliphatic carbocycles. The van der Waals surface area contributed by atoms with E-state index in [1.807, 2.05) is 19.1 Å². The van der Waals surface area contributed by atoms with Crippen molar-refractivity contribution in [2.45, 2.75) is 18.4 Å². The molecule has 7 heteroatoms. The highest BCUT2D eigenvalue weighted by molar-refractivity contribution is 7.89. The van der Waals surface area contributed by atoms with Gasteiger partial charge in [-0.3, -0.25) is 4.98 Å². The van der Waals surface area contributed by atoms with Crippen LogP contribution in [-0.4, -0.2) is 31.4 Å². The van der Waals surface area contributed by atoms with Crippen LogP contribution in [0.15, 0.2) is 78.0 Å². The fraction of sp³-hybridized carbons (Fsp3) is 0.190. The number of benzene rings is 2. The second kappa shape index (κ2) is 8.86. The van der Waals surface area contributed by atoms with Gasteiger partial charge in [0.25, 0.3) is 0 Å². The Morgan fingerprint density at radius 2 is 1.39 bits per heavy atom. The second-order valence-electron chi connectivity index (χ2n) is 6.09. The standard InChI is InChI=1S/C21H22N2O4S/c1-3-26-18-4-6-19(7-5-18)27-20-8-10-21(11-9-20)28(24,25)23(2)16-17-12-14-22-15-13-17/h4-15H,3,16H2,1-2H3. The zero-order valence-electron chi connectivity index (χ0n) is 15.8. The summed E-state index contributed by atoms with van der Waals surface area (Å²) in [6.07, 6.45) is 3.28. The fourth-order valence-electron chi connectivity index (χ4n) is 2.60. The van der Waals surface area contributed by atoms with Crippen molar-refractivity contribution >= 4 is 10.0 Å². The van der Waals surface area contributed by atoms with Gasteiger partial charge in [-0.05, 0) is 73.2 Å². The molecule has 0 atom stereocenters. The molecule has 1 aromatic heterocycles. The van der Waals surface area contributed by atoms with E-state index >= 15 is 0 Å². The molecule has 1 heterocycles. The van der Waals surface area contributed by atoms with Crippen LogP contribution >= 0.6 is 0 Å². The van der Waals surface area contributed by atoms with Crippen molar-refractivity contribution in [3.8, 4) is 17.2 Å². The van der Waals surface area contributed by atoms with E-state index in [2.05, 4.69) is 4.98 Å². The molecule has 0 saturated carbocycles. The Morgan fingerprint density at radius 1 is 0.857 bits per heavy atom. The highest BCUT2D eigenvalue weighted by atomic mass is 32.2. The molecule has 0 amide bonds. The van der Waals surface area contributed by atoms with E-state index in [-0.39, 0.29) is 11.4 Å². The molecular weight excluding hydrogens is 376 g/mol. The van der Waals surface area contributed by atoms with Crippen molar-refractivity contribution in [1.29, 1.82) is 0 Å². The van der Waals surface area contributed by atoms with E-state index in [0.29, 0.717) is 18.1 Å². The highest BCUT2D eigenvalue weighted by Gasteiger charge is 2.21. The summed E-state index contributed by atoms with van der Waals surface area (Å²) in [7, 11) is -2.04. The Labute approximate surface area is 165 Å². The van der Waals surface area contributed by atoms with Crippen LogP contribution in [0.1, 0.15) is 12.5 Å². The highest BCUT2D eigenvalue weighted by Crippen LogP contribution is 2.26. The van der Waals surface area contributed by atoms with E-state index in [1.165, 1.54) is 4.31 Å². The Kier molecular flexibility index (Phi) is 6.28. The van der Waals surface area contributed by atoms with Gasteiger partial charge >= 0.3 is 0 Å². The topological polar surface area (TPSA) is 68.7 Å². The molecule has 0 saturated heterocycles. The van der Waals surface area contributed by atoms with Crippen molar-refractivity contribution in [2.75, 3.05) is 13.7 Å². The Morgan fingerprint density at radius 3 is 1.96 bits per heavy atom. The maximum atomic E-state index is 12.8. The Hall–Kier alpha value is -2.90. The number of rotatable bonds is 8. The van der Waals surface area contributed by atoms with Crippen LogP contribution in [0.3, 0.4) is 0 Å². The molecule has 146 valence electrons. The summed E-state index contributed by atoms with van der Waals surface area (Å²) in [5, 5.41) is 0. The van der Waals surface area contributed by atoms with Crippen molar-refractivity contribution < 1.29 is 17.9 Å².